The zero-order chi connectivity index (χ0) is 18.5. The first-order chi connectivity index (χ1) is 13.3. The van der Waals surface area contributed by atoms with Gasteiger partial charge >= 0.3 is 0 Å². The van der Waals surface area contributed by atoms with Crippen molar-refractivity contribution in [2.45, 2.75) is 31.8 Å². The molecule has 1 aliphatic rings. The average molecular weight is 433 g/mol. The second-order valence-electron chi connectivity index (χ2n) is 6.97. The predicted molar refractivity (Wildman–Crippen MR) is 121 cm³/mol. The second-order valence-corrected chi connectivity index (χ2v) is 6.97. The van der Waals surface area contributed by atoms with Crippen LogP contribution in [0.3, 0.4) is 0 Å². The number of rotatable bonds is 4. The fraction of sp³-hybridized carbons (Fsp3) is 0.318. The van der Waals surface area contributed by atoms with Gasteiger partial charge in [-0.15, -0.1) is 24.8 Å². The Morgan fingerprint density at radius 1 is 0.966 bits per heavy atom. The molecule has 1 fully saturated rings. The molecule has 1 N–H and O–H groups in total. The average Bonchev–Trinajstić information content (AvgIpc) is 3.01. The molecule has 1 atom stereocenters. The third-order valence-electron chi connectivity index (χ3n) is 5.18. The number of nitrogens with one attached hydrogen (secondary N) is 1. The fourth-order valence-electron chi connectivity index (χ4n) is 3.77. The van der Waals surface area contributed by atoms with E-state index in [0.717, 1.165) is 48.8 Å². The third-order valence-corrected chi connectivity index (χ3v) is 5.18. The Morgan fingerprint density at radius 3 is 2.62 bits per heavy atom. The summed E-state index contributed by atoms with van der Waals surface area (Å²) in [6, 6.07) is 15.9. The summed E-state index contributed by atoms with van der Waals surface area (Å²) in [5.41, 5.74) is 1.43. The number of aromatic nitrogens is 2. The number of halogens is 2. The summed E-state index contributed by atoms with van der Waals surface area (Å²) in [6.45, 7) is 2.45. The van der Waals surface area contributed by atoms with Crippen LogP contribution >= 0.6 is 24.8 Å². The standard InChI is InChI=1S/C22H24N4O.2ClH/c27-22(21-20-9-2-1-6-17(20)10-15-25-21)26(16-18-7-3-4-13-24-18)19-8-5-12-23-14-11-19;;/h1-4,6-7,9-10,13,15,19,23H,5,8,11-12,14,16H2;2*1H. The first kappa shape index (κ1) is 23.1. The van der Waals surface area contributed by atoms with Gasteiger partial charge in [-0.3, -0.25) is 14.8 Å². The van der Waals surface area contributed by atoms with E-state index in [9.17, 15) is 4.79 Å². The van der Waals surface area contributed by atoms with Crippen molar-refractivity contribution in [3.63, 3.8) is 0 Å². The van der Waals surface area contributed by atoms with Crippen molar-refractivity contribution in [1.82, 2.24) is 20.2 Å². The van der Waals surface area contributed by atoms with E-state index in [1.807, 2.05) is 53.4 Å². The molecular weight excluding hydrogens is 407 g/mol. The summed E-state index contributed by atoms with van der Waals surface area (Å²) >= 11 is 0. The molecule has 2 aromatic heterocycles. The summed E-state index contributed by atoms with van der Waals surface area (Å²) in [7, 11) is 0. The van der Waals surface area contributed by atoms with Crippen LogP contribution in [-0.2, 0) is 6.54 Å². The van der Waals surface area contributed by atoms with Crippen molar-refractivity contribution in [1.29, 1.82) is 0 Å². The maximum Gasteiger partial charge on any atom is 0.273 e. The quantitative estimate of drug-likeness (QED) is 0.668. The highest BCUT2D eigenvalue weighted by Crippen LogP contribution is 2.23. The van der Waals surface area contributed by atoms with Crippen LogP contribution in [0.4, 0.5) is 0 Å². The topological polar surface area (TPSA) is 58.1 Å². The van der Waals surface area contributed by atoms with Gasteiger partial charge < -0.3 is 10.2 Å². The van der Waals surface area contributed by atoms with Crippen LogP contribution in [0.1, 0.15) is 35.4 Å². The van der Waals surface area contributed by atoms with Crippen molar-refractivity contribution >= 4 is 41.5 Å². The largest absolute Gasteiger partial charge is 0.328 e. The number of amides is 1. The third kappa shape index (κ3) is 5.44. The Labute approximate surface area is 183 Å². The molecule has 0 saturated carbocycles. The van der Waals surface area contributed by atoms with Crippen molar-refractivity contribution in [3.8, 4) is 0 Å². The van der Waals surface area contributed by atoms with Crippen LogP contribution in [0.2, 0.25) is 0 Å². The molecule has 154 valence electrons. The van der Waals surface area contributed by atoms with Crippen LogP contribution in [-0.4, -0.2) is 39.9 Å². The van der Waals surface area contributed by atoms with Crippen molar-refractivity contribution in [3.05, 3.63) is 72.3 Å². The molecule has 0 bridgehead atoms. The lowest BCUT2D eigenvalue weighted by atomic mass is 10.0. The number of hydrogen-bond acceptors (Lipinski definition) is 4. The minimum atomic E-state index is -0.00986. The first-order valence-electron chi connectivity index (χ1n) is 9.58. The maximum absolute atomic E-state index is 13.6. The molecule has 1 amide bonds. The Kier molecular flexibility index (Phi) is 8.83. The van der Waals surface area contributed by atoms with E-state index in [2.05, 4.69) is 15.3 Å². The number of fused-ring (bicyclic) bond motifs is 1. The van der Waals surface area contributed by atoms with Gasteiger partial charge in [0.2, 0.25) is 0 Å². The first-order valence-corrected chi connectivity index (χ1v) is 9.58. The molecule has 0 aliphatic carbocycles. The Balaban J connectivity index is 0.00000150. The summed E-state index contributed by atoms with van der Waals surface area (Å²) < 4.78 is 0. The number of carbonyl (C=O) groups is 1. The van der Waals surface area contributed by atoms with Gasteiger partial charge in [0.05, 0.1) is 12.2 Å². The van der Waals surface area contributed by atoms with Crippen molar-refractivity contribution in [2.75, 3.05) is 13.1 Å². The van der Waals surface area contributed by atoms with Crippen LogP contribution < -0.4 is 5.32 Å². The van der Waals surface area contributed by atoms with Gasteiger partial charge in [0.25, 0.3) is 5.91 Å². The summed E-state index contributed by atoms with van der Waals surface area (Å²) in [6.07, 6.45) is 6.52. The lowest BCUT2D eigenvalue weighted by molar-refractivity contribution is 0.0638. The van der Waals surface area contributed by atoms with Gasteiger partial charge in [-0.2, -0.15) is 0 Å². The molecule has 3 heterocycles. The normalized spacial score (nSPS) is 16.2. The smallest absolute Gasteiger partial charge is 0.273 e. The SMILES string of the molecule is Cl.Cl.O=C(c1nccc2ccccc12)N(Cc1ccccn1)C1CCCNCC1. The summed E-state index contributed by atoms with van der Waals surface area (Å²) in [4.78, 5) is 24.5. The van der Waals surface area contributed by atoms with Gasteiger partial charge in [-0.05, 0) is 55.9 Å². The Morgan fingerprint density at radius 2 is 1.79 bits per heavy atom. The van der Waals surface area contributed by atoms with Crippen LogP contribution in [0, 0.1) is 0 Å². The van der Waals surface area contributed by atoms with Gasteiger partial charge in [0, 0.05) is 23.8 Å². The van der Waals surface area contributed by atoms with Gasteiger partial charge in [-0.1, -0.05) is 30.3 Å². The molecule has 29 heavy (non-hydrogen) atoms. The van der Waals surface area contributed by atoms with E-state index in [1.165, 1.54) is 0 Å². The second kappa shape index (κ2) is 11.1. The van der Waals surface area contributed by atoms with Gasteiger partial charge in [0.15, 0.2) is 0 Å². The lowest BCUT2D eigenvalue weighted by Gasteiger charge is -2.31. The fourth-order valence-corrected chi connectivity index (χ4v) is 3.77. The minimum Gasteiger partial charge on any atom is -0.328 e. The van der Waals surface area contributed by atoms with E-state index in [4.69, 9.17) is 0 Å². The molecule has 1 aliphatic heterocycles. The molecular formula is C22H26Cl2N4O. The predicted octanol–water partition coefficient (Wildman–Crippen LogP) is 4.26. The lowest BCUT2D eigenvalue weighted by Crippen LogP contribution is -2.41. The number of pyridine rings is 2. The molecule has 4 rings (SSSR count). The maximum atomic E-state index is 13.6. The van der Waals surface area contributed by atoms with Crippen LogP contribution in [0.5, 0.6) is 0 Å². The molecule has 1 aromatic carbocycles. The minimum absolute atomic E-state index is 0. The molecule has 1 unspecified atom stereocenters. The zero-order valence-electron chi connectivity index (χ0n) is 16.2. The molecule has 0 spiro atoms. The molecule has 0 radical (unpaired) electrons. The van der Waals surface area contributed by atoms with Gasteiger partial charge in [-0.25, -0.2) is 0 Å². The van der Waals surface area contributed by atoms with E-state index >= 15 is 0 Å². The summed E-state index contributed by atoms with van der Waals surface area (Å²) in [5, 5.41) is 5.38. The summed E-state index contributed by atoms with van der Waals surface area (Å²) in [5.74, 6) is -0.00986. The van der Waals surface area contributed by atoms with E-state index in [0.29, 0.717) is 12.2 Å². The van der Waals surface area contributed by atoms with Gasteiger partial charge in [0.1, 0.15) is 5.69 Å². The number of carbonyl (C=O) groups excluding carboxylic acids is 1. The van der Waals surface area contributed by atoms with Crippen LogP contribution in [0.25, 0.3) is 10.8 Å². The number of hydrogen-bond donors (Lipinski definition) is 1. The highest BCUT2D eigenvalue weighted by atomic mass is 35.5. The number of nitrogens with zero attached hydrogens (tertiary/aromatic N) is 3. The van der Waals surface area contributed by atoms with E-state index in [-0.39, 0.29) is 36.8 Å². The number of benzene rings is 1. The monoisotopic (exact) mass is 432 g/mol. The Hall–Kier alpha value is -2.21. The zero-order valence-corrected chi connectivity index (χ0v) is 17.8. The molecule has 5 nitrogen and oxygen atoms in total. The molecule has 7 heteroatoms. The van der Waals surface area contributed by atoms with Crippen molar-refractivity contribution in [2.24, 2.45) is 0 Å². The molecule has 3 aromatic rings. The highest BCUT2D eigenvalue weighted by Gasteiger charge is 2.27. The van der Waals surface area contributed by atoms with Crippen molar-refractivity contribution < 1.29 is 4.79 Å². The van der Waals surface area contributed by atoms with Crippen LogP contribution in [0.15, 0.2) is 60.9 Å². The Bertz CT molecular complexity index is 910. The van der Waals surface area contributed by atoms with E-state index < -0.39 is 0 Å². The molecule has 1 saturated heterocycles. The highest BCUT2D eigenvalue weighted by molar-refractivity contribution is 6.05. The van der Waals surface area contributed by atoms with E-state index in [1.54, 1.807) is 12.4 Å².